The van der Waals surface area contributed by atoms with Crippen LogP contribution >= 0.6 is 0 Å². The van der Waals surface area contributed by atoms with E-state index in [9.17, 15) is 13.6 Å². The Bertz CT molecular complexity index is 493. The van der Waals surface area contributed by atoms with Gasteiger partial charge in [-0.3, -0.25) is 4.79 Å². The zero-order chi connectivity index (χ0) is 14.2. The zero-order valence-electron chi connectivity index (χ0n) is 11.5. The zero-order valence-corrected chi connectivity index (χ0v) is 11.5. The predicted octanol–water partition coefficient (Wildman–Crippen LogP) is 3.47. The molecule has 2 nitrogen and oxygen atoms in total. The SMILES string of the molecule is CC(C)(C)C1CCN(C(=O)c2cccc(F)c2F)C1. The molecule has 0 N–H and O–H groups in total. The smallest absolute Gasteiger partial charge is 0.256 e. The van der Waals surface area contributed by atoms with Gasteiger partial charge in [-0.05, 0) is 29.9 Å². The van der Waals surface area contributed by atoms with E-state index in [1.54, 1.807) is 4.90 Å². The number of carbonyl (C=O) groups is 1. The molecule has 0 aromatic heterocycles. The lowest BCUT2D eigenvalue weighted by Crippen LogP contribution is -2.31. The van der Waals surface area contributed by atoms with E-state index in [2.05, 4.69) is 20.8 Å². The Morgan fingerprint density at radius 1 is 1.32 bits per heavy atom. The first-order chi connectivity index (χ1) is 8.80. The van der Waals surface area contributed by atoms with Gasteiger partial charge in [0.05, 0.1) is 5.56 Å². The van der Waals surface area contributed by atoms with E-state index in [1.165, 1.54) is 12.1 Å². The summed E-state index contributed by atoms with van der Waals surface area (Å²) in [6.45, 7) is 7.62. The van der Waals surface area contributed by atoms with Crippen LogP contribution in [0.25, 0.3) is 0 Å². The molecule has 104 valence electrons. The van der Waals surface area contributed by atoms with Crippen molar-refractivity contribution in [1.82, 2.24) is 4.90 Å². The molecular formula is C15H19F2NO. The summed E-state index contributed by atoms with van der Waals surface area (Å²) < 4.78 is 26.8. The number of hydrogen-bond acceptors (Lipinski definition) is 1. The summed E-state index contributed by atoms with van der Waals surface area (Å²) in [5.74, 6) is -2.04. The van der Waals surface area contributed by atoms with Crippen molar-refractivity contribution in [1.29, 1.82) is 0 Å². The Hall–Kier alpha value is -1.45. The van der Waals surface area contributed by atoms with Crippen LogP contribution in [-0.4, -0.2) is 23.9 Å². The Morgan fingerprint density at radius 3 is 2.58 bits per heavy atom. The van der Waals surface area contributed by atoms with Gasteiger partial charge < -0.3 is 4.90 Å². The third-order valence-electron chi connectivity index (χ3n) is 3.88. The van der Waals surface area contributed by atoms with Gasteiger partial charge in [-0.15, -0.1) is 0 Å². The molecule has 1 aliphatic heterocycles. The molecule has 1 atom stereocenters. The molecule has 1 aromatic rings. The minimum atomic E-state index is -1.05. The topological polar surface area (TPSA) is 20.3 Å². The molecule has 0 saturated carbocycles. The maximum Gasteiger partial charge on any atom is 0.256 e. The number of benzene rings is 1. The van der Waals surface area contributed by atoms with Crippen LogP contribution in [-0.2, 0) is 0 Å². The summed E-state index contributed by atoms with van der Waals surface area (Å²) in [5, 5.41) is 0. The number of likely N-dealkylation sites (tertiary alicyclic amines) is 1. The van der Waals surface area contributed by atoms with Crippen molar-refractivity contribution in [3.63, 3.8) is 0 Å². The van der Waals surface area contributed by atoms with Gasteiger partial charge in [0.2, 0.25) is 0 Å². The monoisotopic (exact) mass is 267 g/mol. The molecule has 1 fully saturated rings. The van der Waals surface area contributed by atoms with E-state index in [-0.39, 0.29) is 11.0 Å². The van der Waals surface area contributed by atoms with Crippen LogP contribution in [0.5, 0.6) is 0 Å². The van der Waals surface area contributed by atoms with E-state index < -0.39 is 17.5 Å². The second-order valence-corrected chi connectivity index (χ2v) is 6.20. The molecule has 2 rings (SSSR count). The summed E-state index contributed by atoms with van der Waals surface area (Å²) >= 11 is 0. The molecule has 0 spiro atoms. The van der Waals surface area contributed by atoms with Gasteiger partial charge in [-0.1, -0.05) is 26.8 Å². The lowest BCUT2D eigenvalue weighted by atomic mass is 9.80. The lowest BCUT2D eigenvalue weighted by molar-refractivity contribution is 0.0771. The van der Waals surface area contributed by atoms with Crippen LogP contribution in [0.3, 0.4) is 0 Å². The first-order valence-electron chi connectivity index (χ1n) is 6.54. The molecule has 0 radical (unpaired) electrons. The van der Waals surface area contributed by atoms with E-state index in [0.717, 1.165) is 12.5 Å². The van der Waals surface area contributed by atoms with Crippen LogP contribution in [0.2, 0.25) is 0 Å². The largest absolute Gasteiger partial charge is 0.338 e. The van der Waals surface area contributed by atoms with Gasteiger partial charge >= 0.3 is 0 Å². The molecule has 1 unspecified atom stereocenters. The number of carbonyl (C=O) groups excluding carboxylic acids is 1. The first kappa shape index (κ1) is 14.0. The second-order valence-electron chi connectivity index (χ2n) is 6.20. The lowest BCUT2D eigenvalue weighted by Gasteiger charge is -2.27. The van der Waals surface area contributed by atoms with Crippen LogP contribution in [0.15, 0.2) is 18.2 Å². The summed E-state index contributed by atoms with van der Waals surface area (Å²) in [6, 6.07) is 3.72. The molecule has 1 amide bonds. The molecular weight excluding hydrogens is 248 g/mol. The van der Waals surface area contributed by atoms with Crippen molar-refractivity contribution in [2.45, 2.75) is 27.2 Å². The average molecular weight is 267 g/mol. The molecule has 1 aliphatic rings. The third-order valence-corrected chi connectivity index (χ3v) is 3.88. The first-order valence-corrected chi connectivity index (χ1v) is 6.54. The minimum absolute atomic E-state index is 0.121. The van der Waals surface area contributed by atoms with E-state index in [1.807, 2.05) is 0 Å². The maximum absolute atomic E-state index is 13.6. The fourth-order valence-corrected chi connectivity index (χ4v) is 2.49. The number of rotatable bonds is 1. The fourth-order valence-electron chi connectivity index (χ4n) is 2.49. The quantitative estimate of drug-likeness (QED) is 0.763. The maximum atomic E-state index is 13.6. The highest BCUT2D eigenvalue weighted by Gasteiger charge is 2.34. The van der Waals surface area contributed by atoms with Gasteiger partial charge in [0, 0.05) is 13.1 Å². The summed E-state index contributed by atoms with van der Waals surface area (Å²) in [4.78, 5) is 13.8. The summed E-state index contributed by atoms with van der Waals surface area (Å²) in [5.41, 5.74) is -0.0512. The molecule has 1 saturated heterocycles. The summed E-state index contributed by atoms with van der Waals surface area (Å²) in [7, 11) is 0. The van der Waals surface area contributed by atoms with Gasteiger partial charge in [-0.2, -0.15) is 0 Å². The van der Waals surface area contributed by atoms with E-state index >= 15 is 0 Å². The van der Waals surface area contributed by atoms with Crippen LogP contribution in [0, 0.1) is 23.0 Å². The average Bonchev–Trinajstić information content (AvgIpc) is 2.81. The van der Waals surface area contributed by atoms with Gasteiger partial charge in [-0.25, -0.2) is 8.78 Å². The normalized spacial score (nSPS) is 19.8. The fraction of sp³-hybridized carbons (Fsp3) is 0.533. The van der Waals surface area contributed by atoms with Gasteiger partial charge in [0.25, 0.3) is 5.91 Å². The molecule has 4 heteroatoms. The molecule has 0 bridgehead atoms. The van der Waals surface area contributed by atoms with E-state index in [4.69, 9.17) is 0 Å². The van der Waals surface area contributed by atoms with Crippen LogP contribution in [0.4, 0.5) is 8.78 Å². The summed E-state index contributed by atoms with van der Waals surface area (Å²) in [6.07, 6.45) is 0.909. The number of halogens is 2. The van der Waals surface area contributed by atoms with Crippen LogP contribution < -0.4 is 0 Å². The minimum Gasteiger partial charge on any atom is -0.338 e. The standard InChI is InChI=1S/C15H19F2NO/c1-15(2,3)10-7-8-18(9-10)14(19)11-5-4-6-12(16)13(11)17/h4-6,10H,7-9H2,1-3H3. The van der Waals surface area contributed by atoms with E-state index in [0.29, 0.717) is 19.0 Å². The molecule has 1 heterocycles. The number of nitrogens with zero attached hydrogens (tertiary/aromatic N) is 1. The number of hydrogen-bond donors (Lipinski definition) is 0. The Balaban J connectivity index is 2.16. The van der Waals surface area contributed by atoms with Crippen molar-refractivity contribution in [3.8, 4) is 0 Å². The molecule has 1 aromatic carbocycles. The highest BCUT2D eigenvalue weighted by atomic mass is 19.2. The highest BCUT2D eigenvalue weighted by molar-refractivity contribution is 5.94. The Morgan fingerprint density at radius 2 is 2.00 bits per heavy atom. The van der Waals surface area contributed by atoms with Gasteiger partial charge in [0.15, 0.2) is 11.6 Å². The third kappa shape index (κ3) is 2.77. The molecule has 0 aliphatic carbocycles. The molecule has 19 heavy (non-hydrogen) atoms. The highest BCUT2D eigenvalue weighted by Crippen LogP contribution is 2.34. The predicted molar refractivity (Wildman–Crippen MR) is 69.8 cm³/mol. The Labute approximate surface area is 112 Å². The van der Waals surface area contributed by atoms with Crippen molar-refractivity contribution < 1.29 is 13.6 Å². The van der Waals surface area contributed by atoms with Gasteiger partial charge in [0.1, 0.15) is 0 Å². The number of amides is 1. The van der Waals surface area contributed by atoms with Crippen molar-refractivity contribution >= 4 is 5.91 Å². The van der Waals surface area contributed by atoms with Crippen molar-refractivity contribution in [2.75, 3.05) is 13.1 Å². The second kappa shape index (κ2) is 4.91. The van der Waals surface area contributed by atoms with Crippen LogP contribution in [0.1, 0.15) is 37.6 Å². The Kier molecular flexibility index (Phi) is 3.61. The van der Waals surface area contributed by atoms with Crippen molar-refractivity contribution in [3.05, 3.63) is 35.4 Å². The van der Waals surface area contributed by atoms with Crippen molar-refractivity contribution in [2.24, 2.45) is 11.3 Å².